The summed E-state index contributed by atoms with van der Waals surface area (Å²) in [6.07, 6.45) is 0.989. The molecule has 8 heteroatoms. The number of rotatable bonds is 7. The largest absolute Gasteiger partial charge is 0.383 e. The Morgan fingerprint density at radius 3 is 2.96 bits per heavy atom. The molecule has 1 amide bonds. The summed E-state index contributed by atoms with van der Waals surface area (Å²) in [5.41, 5.74) is -0.656. The molecule has 23 heavy (non-hydrogen) atoms. The molecular formula is C15H24N4O4. The van der Waals surface area contributed by atoms with Crippen molar-refractivity contribution in [1.82, 2.24) is 20.0 Å². The number of nitrogens with zero attached hydrogens (tertiary/aromatic N) is 2. The molecule has 0 aromatic carbocycles. The minimum atomic E-state index is -0.432. The molecule has 0 bridgehead atoms. The highest BCUT2D eigenvalue weighted by Crippen LogP contribution is 2.16. The first-order chi connectivity index (χ1) is 11.0. The Balaban J connectivity index is 1.85. The zero-order chi connectivity index (χ0) is 16.8. The molecule has 1 atom stereocenters. The van der Waals surface area contributed by atoms with E-state index in [0.29, 0.717) is 19.1 Å². The van der Waals surface area contributed by atoms with E-state index in [4.69, 9.17) is 4.74 Å². The van der Waals surface area contributed by atoms with Crippen LogP contribution in [0, 0.1) is 5.92 Å². The third-order valence-corrected chi connectivity index (χ3v) is 4.18. The average molecular weight is 324 g/mol. The second-order valence-corrected chi connectivity index (χ2v) is 6.01. The molecule has 128 valence electrons. The summed E-state index contributed by atoms with van der Waals surface area (Å²) in [5.74, 6) is 0.273. The maximum absolute atomic E-state index is 12.2. The lowest BCUT2D eigenvalue weighted by atomic mass is 10.1. The van der Waals surface area contributed by atoms with Gasteiger partial charge in [0, 0.05) is 45.4 Å². The first-order valence-corrected chi connectivity index (χ1v) is 7.75. The third-order valence-electron chi connectivity index (χ3n) is 4.18. The monoisotopic (exact) mass is 324 g/mol. The highest BCUT2D eigenvalue weighted by molar-refractivity contribution is 5.78. The second-order valence-electron chi connectivity index (χ2n) is 6.01. The molecule has 8 nitrogen and oxygen atoms in total. The van der Waals surface area contributed by atoms with Crippen LogP contribution in [0.1, 0.15) is 12.0 Å². The van der Waals surface area contributed by atoms with Gasteiger partial charge in [-0.15, -0.1) is 0 Å². The van der Waals surface area contributed by atoms with Crippen LogP contribution in [0.5, 0.6) is 0 Å². The number of amides is 1. The molecule has 2 heterocycles. The minimum Gasteiger partial charge on any atom is -0.383 e. The number of H-pyrrole nitrogens is 2. The molecule has 1 fully saturated rings. The molecule has 1 aliphatic heterocycles. The second kappa shape index (κ2) is 8.07. The van der Waals surface area contributed by atoms with Gasteiger partial charge in [-0.05, 0) is 18.9 Å². The van der Waals surface area contributed by atoms with Crippen molar-refractivity contribution in [1.29, 1.82) is 0 Å². The van der Waals surface area contributed by atoms with Gasteiger partial charge in [-0.1, -0.05) is 0 Å². The molecule has 1 saturated heterocycles. The van der Waals surface area contributed by atoms with Crippen LogP contribution < -0.4 is 11.1 Å². The van der Waals surface area contributed by atoms with Gasteiger partial charge in [0.2, 0.25) is 5.91 Å². The Morgan fingerprint density at radius 1 is 1.43 bits per heavy atom. The van der Waals surface area contributed by atoms with Crippen LogP contribution in [0.2, 0.25) is 0 Å². The van der Waals surface area contributed by atoms with E-state index in [9.17, 15) is 14.4 Å². The first kappa shape index (κ1) is 17.4. The van der Waals surface area contributed by atoms with Crippen molar-refractivity contribution in [2.75, 3.05) is 46.9 Å². The summed E-state index contributed by atoms with van der Waals surface area (Å²) in [4.78, 5) is 39.0. The van der Waals surface area contributed by atoms with Gasteiger partial charge in [0.05, 0.1) is 13.0 Å². The standard InChI is InChI=1S/C15H24N4O4/c1-18(9-11-3-4-19(10-11)5-6-23-2)14(21)8-12-7-13(20)16-17-15(12)22/h7,11H,3-6,8-10H2,1-2H3,(H,16,20)(H,17,22). The fourth-order valence-corrected chi connectivity index (χ4v) is 2.86. The Bertz CT molecular complexity index is 639. The lowest BCUT2D eigenvalue weighted by Crippen LogP contribution is -2.36. The quantitative estimate of drug-likeness (QED) is 0.673. The molecular weight excluding hydrogens is 300 g/mol. The highest BCUT2D eigenvalue weighted by Gasteiger charge is 2.24. The van der Waals surface area contributed by atoms with Gasteiger partial charge in [0.25, 0.3) is 11.1 Å². The van der Waals surface area contributed by atoms with Gasteiger partial charge in [0.1, 0.15) is 0 Å². The van der Waals surface area contributed by atoms with Gasteiger partial charge in [-0.2, -0.15) is 0 Å². The number of likely N-dealkylation sites (tertiary alicyclic amines) is 1. The van der Waals surface area contributed by atoms with Crippen molar-refractivity contribution in [2.24, 2.45) is 5.92 Å². The lowest BCUT2D eigenvalue weighted by Gasteiger charge is -2.21. The minimum absolute atomic E-state index is 0.0597. The van der Waals surface area contributed by atoms with Gasteiger partial charge >= 0.3 is 0 Å². The van der Waals surface area contributed by atoms with E-state index in [2.05, 4.69) is 15.1 Å². The van der Waals surface area contributed by atoms with Crippen molar-refractivity contribution in [3.8, 4) is 0 Å². The third kappa shape index (κ3) is 5.04. The van der Waals surface area contributed by atoms with Crippen LogP contribution in [-0.2, 0) is 16.0 Å². The van der Waals surface area contributed by atoms with Crippen LogP contribution in [0.25, 0.3) is 0 Å². The number of carbonyl (C=O) groups excluding carboxylic acids is 1. The summed E-state index contributed by atoms with van der Waals surface area (Å²) >= 11 is 0. The number of carbonyl (C=O) groups is 1. The number of likely N-dealkylation sites (N-methyl/N-ethyl adjacent to an activating group) is 1. The summed E-state index contributed by atoms with van der Waals surface area (Å²) in [5, 5.41) is 4.42. The van der Waals surface area contributed by atoms with Crippen molar-refractivity contribution in [2.45, 2.75) is 12.8 Å². The van der Waals surface area contributed by atoms with Crippen LogP contribution in [-0.4, -0.2) is 72.8 Å². The van der Waals surface area contributed by atoms with Gasteiger partial charge in [-0.3, -0.25) is 24.6 Å². The number of nitrogens with one attached hydrogen (secondary N) is 2. The normalized spacial score (nSPS) is 18.3. The zero-order valence-corrected chi connectivity index (χ0v) is 13.6. The predicted molar refractivity (Wildman–Crippen MR) is 85.4 cm³/mol. The van der Waals surface area contributed by atoms with E-state index in [1.54, 1.807) is 19.1 Å². The Labute approximate surface area is 134 Å². The molecule has 2 N–H and O–H groups in total. The van der Waals surface area contributed by atoms with Crippen LogP contribution in [0.4, 0.5) is 0 Å². The van der Waals surface area contributed by atoms with E-state index >= 15 is 0 Å². The molecule has 1 unspecified atom stereocenters. The number of methoxy groups -OCH3 is 1. The molecule has 1 aromatic heterocycles. The van der Waals surface area contributed by atoms with Gasteiger partial charge in [0.15, 0.2) is 0 Å². The number of aromatic amines is 2. The summed E-state index contributed by atoms with van der Waals surface area (Å²) in [6.45, 7) is 4.25. The van der Waals surface area contributed by atoms with Gasteiger partial charge in [-0.25, -0.2) is 0 Å². The van der Waals surface area contributed by atoms with E-state index in [1.807, 2.05) is 0 Å². The van der Waals surface area contributed by atoms with Crippen LogP contribution in [0.15, 0.2) is 15.7 Å². The number of aromatic nitrogens is 2. The zero-order valence-electron chi connectivity index (χ0n) is 13.6. The summed E-state index contributed by atoms with van der Waals surface area (Å²) in [7, 11) is 3.43. The van der Waals surface area contributed by atoms with Crippen molar-refractivity contribution in [3.63, 3.8) is 0 Å². The summed E-state index contributed by atoms with van der Waals surface area (Å²) < 4.78 is 5.08. The topological polar surface area (TPSA) is 98.5 Å². The maximum Gasteiger partial charge on any atom is 0.266 e. The molecule has 1 aliphatic rings. The van der Waals surface area contributed by atoms with E-state index in [-0.39, 0.29) is 17.9 Å². The summed E-state index contributed by atoms with van der Waals surface area (Å²) in [6, 6.07) is 1.17. The molecule has 0 saturated carbocycles. The first-order valence-electron chi connectivity index (χ1n) is 7.75. The van der Waals surface area contributed by atoms with Gasteiger partial charge < -0.3 is 14.5 Å². The smallest absolute Gasteiger partial charge is 0.266 e. The Kier molecular flexibility index (Phi) is 6.12. The maximum atomic E-state index is 12.2. The van der Waals surface area contributed by atoms with E-state index < -0.39 is 11.1 Å². The Hall–Kier alpha value is -1.93. The molecule has 1 aromatic rings. The molecule has 0 radical (unpaired) electrons. The fourth-order valence-electron chi connectivity index (χ4n) is 2.86. The lowest BCUT2D eigenvalue weighted by molar-refractivity contribution is -0.129. The predicted octanol–water partition coefficient (Wildman–Crippen LogP) is -0.968. The molecule has 2 rings (SSSR count). The number of hydrogen-bond acceptors (Lipinski definition) is 5. The Morgan fingerprint density at radius 2 is 2.22 bits per heavy atom. The van der Waals surface area contributed by atoms with E-state index in [1.165, 1.54) is 6.07 Å². The van der Waals surface area contributed by atoms with Crippen molar-refractivity contribution >= 4 is 5.91 Å². The SMILES string of the molecule is COCCN1CCC(CN(C)C(=O)Cc2cc(=O)[nH][nH]c2=O)C1. The van der Waals surface area contributed by atoms with Crippen molar-refractivity contribution in [3.05, 3.63) is 32.3 Å². The fraction of sp³-hybridized carbons (Fsp3) is 0.667. The van der Waals surface area contributed by atoms with E-state index in [0.717, 1.165) is 26.1 Å². The van der Waals surface area contributed by atoms with Crippen LogP contribution in [0.3, 0.4) is 0 Å². The number of hydrogen-bond donors (Lipinski definition) is 2. The number of ether oxygens (including phenoxy) is 1. The molecule has 0 spiro atoms. The van der Waals surface area contributed by atoms with Crippen LogP contribution >= 0.6 is 0 Å². The molecule has 0 aliphatic carbocycles. The van der Waals surface area contributed by atoms with Crippen molar-refractivity contribution < 1.29 is 9.53 Å². The average Bonchev–Trinajstić information content (AvgIpc) is 2.96. The highest BCUT2D eigenvalue weighted by atomic mass is 16.5.